The predicted molar refractivity (Wildman–Crippen MR) is 595 cm³/mol. The Morgan fingerprint density at radius 3 is 1.13 bits per heavy atom. The summed E-state index contributed by atoms with van der Waals surface area (Å²) in [5, 5.41) is 68.9. The first-order valence-corrected chi connectivity index (χ1v) is 47.8. The van der Waals surface area contributed by atoms with E-state index < -0.39 is 159 Å². The van der Waals surface area contributed by atoms with E-state index >= 15 is 0 Å². The number of ketones is 3. The number of Topliss-reactive ketones (excluding diaryl/α,β-unsaturated/α-hetero) is 3. The summed E-state index contributed by atoms with van der Waals surface area (Å²) in [6.07, 6.45) is -3.90. The molecule has 73 heteroatoms. The van der Waals surface area contributed by atoms with E-state index in [1.165, 1.54) is 70.4 Å². The smallest absolute Gasteiger partial charge is 0.387 e. The second-order valence-electron chi connectivity index (χ2n) is 31.4. The van der Waals surface area contributed by atoms with Crippen molar-refractivity contribution in [2.45, 2.75) is 99.8 Å². The second kappa shape index (κ2) is 64.2. The van der Waals surface area contributed by atoms with Crippen LogP contribution in [0, 0.1) is 89.7 Å². The van der Waals surface area contributed by atoms with Crippen LogP contribution in [0.1, 0.15) is 75.9 Å². The van der Waals surface area contributed by atoms with Gasteiger partial charge in [0.15, 0.2) is 5.78 Å². The van der Waals surface area contributed by atoms with Crippen LogP contribution in [0.5, 0.6) is 34.5 Å². The van der Waals surface area contributed by atoms with Crippen molar-refractivity contribution in [2.75, 3.05) is 27.3 Å². The summed E-state index contributed by atoms with van der Waals surface area (Å²) in [6.45, 7) is -6.82. The largest absolute Gasteiger partial charge is 0.507 e. The molecule has 29 radical (unpaired) electrons. The number of alkyl halides is 10. The maximum absolute atomic E-state index is 12.8. The summed E-state index contributed by atoms with van der Waals surface area (Å²) in [5.41, 5.74) is 6.06. The standard InChI is InChI=1S/C16H13BrF2N2O2.C13H8BrF2NO2.C13H11BrF2O3.C12H10BrF2NO6.C8H6BrF2NO3.C7H5BrFNO2.C7H6BrNO3.B27/c1-21(2)8-12(7-20)15(22)11-3-9-5-13(17)14(23-16(18)19)6-10(9)4-11;14-10-5-7-3-9(11(18)1-2-17)4-8(7)6-12(10)19-13(15)16;1-2-18-12(17)9-3-7-5-10(14)11(19-13(15)16)6-8(7)4-9;1-2-21-11(18)9(17)3-6-4-10(22-12(14)15)7(13)5-8(6)16(19)20;1-4-2-7(15-8(10)11)5(9)3-6(4)12(13)14;1-4-2-6(9)5(8)3-7(4)10(11)12;1-4-2-7(10)5(8)3-6(4)9(11)12;1-15-22(14)26(23(16(2)3)17(4)5)27(24(18(6)7)19(8)9)25(20(10)11)21(12)13/h4-6,8,16H,3H2,1-2H3;4-6,13H,1,3H2;4-6,13H,2-3H2,1H3;4-5,12H,2-3H2,1H3;2-3,8H,1H3;2-3H,1H3;2-3,10H,1H3;. The number of esters is 2. The number of rotatable bonds is 37. The first-order chi connectivity index (χ1) is 69.3. The summed E-state index contributed by atoms with van der Waals surface area (Å²) < 4.78 is 167. The Hall–Kier alpha value is -9.03. The number of carbonyl (C=O) groups is 5. The van der Waals surface area contributed by atoms with Crippen molar-refractivity contribution < 1.29 is 130 Å². The third-order valence-corrected chi connectivity index (χ3v) is 25.0. The van der Waals surface area contributed by atoms with E-state index in [0.29, 0.717) is 88.3 Å². The number of nitriles is 2. The molecule has 0 atom stereocenters. The number of carbonyl (C=O) groups excluding carboxylic acids is 5. The van der Waals surface area contributed by atoms with Crippen molar-refractivity contribution in [2.24, 2.45) is 0 Å². The Bertz CT molecular complexity index is 6090. The van der Waals surface area contributed by atoms with E-state index in [9.17, 15) is 113 Å². The molecule has 0 aliphatic heterocycles. The monoisotopic (exact) mass is 2460 g/mol. The van der Waals surface area contributed by atoms with Gasteiger partial charge in [0.05, 0.1) is 76.7 Å². The molecule has 0 heterocycles. The molecule has 0 amide bonds. The Kier molecular flexibility index (Phi) is 57.8. The normalized spacial score (nSPS) is 11.3. The van der Waals surface area contributed by atoms with Gasteiger partial charge in [0.2, 0.25) is 11.6 Å². The lowest BCUT2D eigenvalue weighted by Crippen LogP contribution is -2.86. The number of aromatic hydroxyl groups is 1. The quantitative estimate of drug-likeness (QED) is 0.00552. The Labute approximate surface area is 931 Å². The molecule has 0 fully saturated rings. The van der Waals surface area contributed by atoms with Crippen LogP contribution < -0.4 is 23.7 Å². The fraction of sp³-hybridized carbons (Fsp3) is 0.250. The molecule has 731 valence electrons. The van der Waals surface area contributed by atoms with Crippen LogP contribution >= 0.6 is 112 Å². The van der Waals surface area contributed by atoms with Gasteiger partial charge in [-0.15, -0.1) is 0 Å². The summed E-state index contributed by atoms with van der Waals surface area (Å²) in [6, 6.07) is 22.1. The minimum Gasteiger partial charge on any atom is -0.507 e. The first-order valence-electron chi connectivity index (χ1n) is 42.3. The molecule has 3 aliphatic carbocycles. The maximum Gasteiger partial charge on any atom is 0.387 e. The van der Waals surface area contributed by atoms with Crippen molar-refractivity contribution in [3.05, 3.63) is 247 Å². The zero-order valence-corrected chi connectivity index (χ0v) is 90.0. The predicted octanol–water partition coefficient (Wildman–Crippen LogP) is 11.3. The molecule has 3 aliphatic rings. The van der Waals surface area contributed by atoms with Gasteiger partial charge in [-0.3, -0.25) is 54.8 Å². The number of allylic oxidation sites excluding steroid dienone is 3. The summed E-state index contributed by atoms with van der Waals surface area (Å²) in [7, 11) is 88.0. The highest BCUT2D eigenvalue weighted by molar-refractivity contribution is 9.11. The zero-order valence-electron chi connectivity index (χ0n) is 78.9. The number of nitro benzene ring substituents is 4. The highest BCUT2D eigenvalue weighted by Gasteiger charge is 2.51. The molecular weight excluding hydrogens is 2410 g/mol. The van der Waals surface area contributed by atoms with E-state index in [0.717, 1.165) is 47.0 Å². The maximum atomic E-state index is 12.8. The number of phenols is 1. The van der Waals surface area contributed by atoms with Crippen LogP contribution in [0.25, 0.3) is 18.2 Å². The number of nitrogens with zero attached hydrogens (tertiary/aromatic N) is 7. The van der Waals surface area contributed by atoms with Gasteiger partial charge < -0.3 is 43.2 Å². The van der Waals surface area contributed by atoms with Gasteiger partial charge in [0.25, 0.3) is 22.7 Å². The van der Waals surface area contributed by atoms with E-state index in [1.54, 1.807) is 75.3 Å². The van der Waals surface area contributed by atoms with E-state index in [-0.39, 0.29) is 112 Å². The fourth-order valence-corrected chi connectivity index (χ4v) is 17.2. The van der Waals surface area contributed by atoms with Gasteiger partial charge in [0, 0.05) is 301 Å². The average molecular weight is 2470 g/mol. The molecule has 0 spiro atoms. The molecule has 0 aromatic heterocycles. The number of ether oxygens (including phenoxy) is 7. The number of aryl methyl sites for hydroxylation is 3. The molecule has 7 aromatic rings. The summed E-state index contributed by atoms with van der Waals surface area (Å²) in [4.78, 5) is 99.8. The lowest BCUT2D eigenvalue weighted by molar-refractivity contribution is -0.385. The molecular formula is C76H59B27Br7F11N7O21. The Morgan fingerprint density at radius 1 is 0.456 bits per heavy atom. The van der Waals surface area contributed by atoms with Crippen LogP contribution in [-0.2, 0) is 59.1 Å². The van der Waals surface area contributed by atoms with Crippen LogP contribution in [0.2, 0.25) is 0 Å². The Morgan fingerprint density at radius 2 is 0.779 bits per heavy atom. The minimum absolute atomic E-state index is 0.000301. The van der Waals surface area contributed by atoms with Crippen molar-refractivity contribution in [3.8, 4) is 46.6 Å². The minimum atomic E-state index is -3.15. The van der Waals surface area contributed by atoms with Crippen LogP contribution in [0.3, 0.4) is 0 Å². The molecule has 0 bridgehead atoms. The van der Waals surface area contributed by atoms with E-state index in [2.05, 4.69) is 140 Å². The fourth-order valence-electron chi connectivity index (χ4n) is 14.2. The molecule has 0 saturated carbocycles. The second-order valence-corrected chi connectivity index (χ2v) is 37.4. The number of fused-ring (bicyclic) bond motifs is 3. The van der Waals surface area contributed by atoms with E-state index in [1.807, 2.05) is 6.07 Å². The van der Waals surface area contributed by atoms with Gasteiger partial charge in [-0.25, -0.2) is 14.0 Å². The number of benzene rings is 7. The SMILES string of the molecule is CCOC(=O)C(=O)Cc1cc(OC(F)F)c(Br)cc1[N+](=O)[O-].CCOC(=O)C1=Cc2cc(OC(F)F)c(Br)cc2C1.CN(C)C=C(C#N)C(=O)C1=Cc2cc(OC(F)F)c(Br)cc2C1.Cc1cc(F)c(Br)cc1[N+](=O)[O-].Cc1cc(O)c(Br)cc1[N+](=O)[O-].Cc1cc(OC(F)F)c(Br)cc1[N+](=O)[O-].N#CCC(=O)C1=Cc2cc(OC(F)F)c(Br)cc2C1.[B][B]B([B])B(B(B([B])[B])B([B])[B])B(B(B([B])[B])B([B])[B])B(B([B])[B])B([B])[B]. The Balaban J connectivity index is 0.000000442. The van der Waals surface area contributed by atoms with Crippen LogP contribution in [0.4, 0.5) is 71.0 Å². The summed E-state index contributed by atoms with van der Waals surface area (Å²) in [5.74, 6) is -4.08. The number of hydrogen-bond acceptors (Lipinski definition) is 24. The number of phenolic OH excluding ortho intramolecular Hbond substituents is 1. The van der Waals surface area contributed by atoms with Gasteiger partial charge in [-0.2, -0.15) is 54.4 Å². The lowest BCUT2D eigenvalue weighted by Gasteiger charge is -2.48. The molecule has 28 nitrogen and oxygen atoms in total. The molecule has 0 saturated heterocycles. The van der Waals surface area contributed by atoms with Gasteiger partial charge in [-0.1, -0.05) is 0 Å². The molecule has 7 aromatic carbocycles. The number of hydrogen-bond donors (Lipinski definition) is 1. The average Bonchev–Trinajstić information content (AvgIpc) is 1.73. The summed E-state index contributed by atoms with van der Waals surface area (Å²) >= 11 is 21.1. The molecule has 10 rings (SSSR count). The van der Waals surface area contributed by atoms with Gasteiger partial charge in [0.1, 0.15) is 52.0 Å². The van der Waals surface area contributed by atoms with Crippen LogP contribution in [0.15, 0.2) is 145 Å². The van der Waals surface area contributed by atoms with Gasteiger partial charge in [-0.05, 0) is 258 Å². The highest BCUT2D eigenvalue weighted by Crippen LogP contribution is 2.42. The molecule has 1 N–H and O–H groups in total. The zero-order chi connectivity index (χ0) is 114. The van der Waals surface area contributed by atoms with Crippen molar-refractivity contribution in [3.63, 3.8) is 0 Å². The number of halogens is 18. The van der Waals surface area contributed by atoms with Gasteiger partial charge >= 0.3 is 45.0 Å². The topological polar surface area (TPSA) is 394 Å². The number of nitro groups is 4. The van der Waals surface area contributed by atoms with Crippen LogP contribution in [-0.4, -0.2) is 311 Å². The van der Waals surface area contributed by atoms with Crippen molar-refractivity contribution >= 4 is 374 Å². The van der Waals surface area contributed by atoms with Crippen molar-refractivity contribution in [1.29, 1.82) is 10.5 Å². The first kappa shape index (κ1) is 134. The highest BCUT2D eigenvalue weighted by atomic mass is 79.9. The van der Waals surface area contributed by atoms with E-state index in [4.69, 9.17) is 129 Å². The molecule has 0 unspecified atom stereocenters. The molecule has 149 heavy (non-hydrogen) atoms. The third-order valence-electron chi connectivity index (χ3n) is 20.6. The lowest BCUT2D eigenvalue weighted by atomic mass is 8.33. The third kappa shape index (κ3) is 42.4. The van der Waals surface area contributed by atoms with Crippen molar-refractivity contribution in [1.82, 2.24) is 4.90 Å².